The van der Waals surface area contributed by atoms with Crippen LogP contribution in [0.3, 0.4) is 0 Å². The number of benzene rings is 11. The summed E-state index contributed by atoms with van der Waals surface area (Å²) in [5.74, 6) is 0. The summed E-state index contributed by atoms with van der Waals surface area (Å²) in [5.41, 5.74) is 35.7. The van der Waals surface area contributed by atoms with Gasteiger partial charge in [-0.15, -0.1) is 0 Å². The van der Waals surface area contributed by atoms with Crippen LogP contribution in [0.1, 0.15) is 117 Å². The molecule has 85 heavy (non-hydrogen) atoms. The number of anilines is 6. The molecular formula is C83H70N2. The molecule has 0 unspecified atom stereocenters. The number of nitrogens with zero attached hydrogens (tertiary/aromatic N) is 2. The molecule has 0 bridgehead atoms. The quantitative estimate of drug-likeness (QED) is 0.126. The van der Waals surface area contributed by atoms with Crippen LogP contribution >= 0.6 is 0 Å². The molecule has 0 aromatic heterocycles. The van der Waals surface area contributed by atoms with Crippen molar-refractivity contribution in [2.24, 2.45) is 0 Å². The van der Waals surface area contributed by atoms with Gasteiger partial charge < -0.3 is 9.80 Å². The van der Waals surface area contributed by atoms with Gasteiger partial charge in [-0.05, 0) is 236 Å². The molecule has 0 aliphatic heterocycles. The predicted molar refractivity (Wildman–Crippen MR) is 361 cm³/mol. The molecule has 15 rings (SSSR count). The van der Waals surface area contributed by atoms with Crippen molar-refractivity contribution in [3.8, 4) is 33.4 Å². The third-order valence-electron chi connectivity index (χ3n) is 19.4. The summed E-state index contributed by atoms with van der Waals surface area (Å²) in [6, 6.07) is 87.3. The molecule has 0 amide bonds. The standard InChI is InChI=1S/C83H70N2/c1-53-15-11-21-63(41-53)84(64-22-12-16-54(2)42-64)67-33-39-71-69-35-29-57(45-75(69)81(5,6)77(71)49-67)25-27-59-31-37-73-74-38-32-60(48-80(74)83(79(73)47-59)51-61-19-9-10-20-62(61)52-83)28-26-58-30-36-70-72-40-34-68(50-78(72)82(7,8)76(70)46-58)85(65-23-13-17-55(3)43-65)66-24-14-18-56(4)44-66/h9-50H,51-52H2,1-8H3. The van der Waals surface area contributed by atoms with Crippen molar-refractivity contribution >= 4 is 58.4 Å². The Hall–Kier alpha value is -9.50. The SMILES string of the molecule is Cc1cccc(N(c2cccc(C)c2)c2ccc3c(c2)C(C)(C)c2cc(C=Cc4ccc5c(c4)C4(Cc6ccccc6C4)c4cc(C=Cc6ccc7c(c6)C(C)(C)c6cc(N(c8cccc(C)c8)c8cccc(C)c8)ccc6-7)ccc4-5)ccc2-3)c1. The van der Waals surface area contributed by atoms with Crippen LogP contribution in [0, 0.1) is 27.7 Å². The molecule has 4 aliphatic rings. The Labute approximate surface area is 502 Å². The number of hydrogen-bond acceptors (Lipinski definition) is 2. The second-order valence-corrected chi connectivity index (χ2v) is 25.8. The van der Waals surface area contributed by atoms with E-state index in [1.165, 1.54) is 157 Å². The molecule has 11 aromatic carbocycles. The highest BCUT2D eigenvalue weighted by Crippen LogP contribution is 2.57. The fourth-order valence-electron chi connectivity index (χ4n) is 15.1. The first-order valence-corrected chi connectivity index (χ1v) is 30.4. The fraction of sp³-hybridized carbons (Fsp3) is 0.157. The minimum Gasteiger partial charge on any atom is -0.310 e. The first-order valence-electron chi connectivity index (χ1n) is 30.4. The van der Waals surface area contributed by atoms with Gasteiger partial charge >= 0.3 is 0 Å². The highest BCUT2D eigenvalue weighted by atomic mass is 15.1. The van der Waals surface area contributed by atoms with Crippen molar-refractivity contribution < 1.29 is 0 Å². The lowest BCUT2D eigenvalue weighted by Crippen LogP contribution is -2.26. The molecule has 0 N–H and O–H groups in total. The van der Waals surface area contributed by atoms with E-state index in [9.17, 15) is 0 Å². The number of hydrogen-bond donors (Lipinski definition) is 0. The summed E-state index contributed by atoms with van der Waals surface area (Å²) in [4.78, 5) is 4.82. The Bertz CT molecular complexity index is 4230. The molecule has 0 fully saturated rings. The van der Waals surface area contributed by atoms with E-state index in [2.05, 4.69) is 320 Å². The normalized spacial score (nSPS) is 14.9. The lowest BCUT2D eigenvalue weighted by atomic mass is 9.75. The molecule has 0 saturated heterocycles. The topological polar surface area (TPSA) is 6.48 Å². The van der Waals surface area contributed by atoms with Gasteiger partial charge in [-0.2, -0.15) is 0 Å². The van der Waals surface area contributed by atoms with Crippen molar-refractivity contribution in [2.45, 2.75) is 84.5 Å². The van der Waals surface area contributed by atoms with E-state index in [0.29, 0.717) is 0 Å². The van der Waals surface area contributed by atoms with E-state index in [-0.39, 0.29) is 16.2 Å². The molecule has 412 valence electrons. The Morgan fingerprint density at radius 3 is 0.859 bits per heavy atom. The van der Waals surface area contributed by atoms with Gasteiger partial charge in [0.2, 0.25) is 0 Å². The second kappa shape index (κ2) is 19.8. The van der Waals surface area contributed by atoms with Crippen molar-refractivity contribution in [1.29, 1.82) is 0 Å². The lowest BCUT2D eigenvalue weighted by molar-refractivity contribution is 0.563. The molecule has 2 nitrogen and oxygen atoms in total. The van der Waals surface area contributed by atoms with Crippen LogP contribution in [0.4, 0.5) is 34.1 Å². The van der Waals surface area contributed by atoms with E-state index in [4.69, 9.17) is 0 Å². The highest BCUT2D eigenvalue weighted by molar-refractivity contribution is 5.91. The van der Waals surface area contributed by atoms with E-state index in [0.717, 1.165) is 12.8 Å². The summed E-state index contributed by atoms with van der Waals surface area (Å²) < 4.78 is 0. The molecule has 2 heteroatoms. The van der Waals surface area contributed by atoms with E-state index in [1.54, 1.807) is 0 Å². The summed E-state index contributed by atoms with van der Waals surface area (Å²) in [6.45, 7) is 18.3. The Balaban J connectivity index is 0.712. The average molecular weight is 1100 g/mol. The van der Waals surface area contributed by atoms with Gasteiger partial charge in [-0.25, -0.2) is 0 Å². The van der Waals surface area contributed by atoms with Crippen LogP contribution in [-0.4, -0.2) is 0 Å². The summed E-state index contributed by atoms with van der Waals surface area (Å²) in [5, 5.41) is 0. The summed E-state index contributed by atoms with van der Waals surface area (Å²) in [7, 11) is 0. The summed E-state index contributed by atoms with van der Waals surface area (Å²) in [6.07, 6.45) is 11.3. The zero-order valence-corrected chi connectivity index (χ0v) is 50.1. The van der Waals surface area contributed by atoms with Gasteiger partial charge in [0.15, 0.2) is 0 Å². The average Bonchev–Trinajstić information content (AvgIpc) is 1.60. The smallest absolute Gasteiger partial charge is 0.0465 e. The molecule has 0 atom stereocenters. The lowest BCUT2D eigenvalue weighted by Gasteiger charge is -2.28. The van der Waals surface area contributed by atoms with Crippen molar-refractivity contribution in [3.05, 3.63) is 320 Å². The third kappa shape index (κ3) is 8.75. The number of aryl methyl sites for hydroxylation is 4. The number of rotatable bonds is 10. The van der Waals surface area contributed by atoms with Gasteiger partial charge in [0, 0.05) is 50.4 Å². The van der Waals surface area contributed by atoms with Crippen LogP contribution in [-0.2, 0) is 29.1 Å². The monoisotopic (exact) mass is 1090 g/mol. The van der Waals surface area contributed by atoms with E-state index in [1.807, 2.05) is 0 Å². The Morgan fingerprint density at radius 2 is 0.541 bits per heavy atom. The Kier molecular flexibility index (Phi) is 12.2. The minimum absolute atomic E-state index is 0.144. The van der Waals surface area contributed by atoms with E-state index >= 15 is 0 Å². The minimum atomic E-state index is -0.184. The molecule has 0 radical (unpaired) electrons. The first-order chi connectivity index (χ1) is 41.2. The third-order valence-corrected chi connectivity index (χ3v) is 19.4. The van der Waals surface area contributed by atoms with Crippen LogP contribution < -0.4 is 9.80 Å². The van der Waals surface area contributed by atoms with Crippen molar-refractivity contribution in [1.82, 2.24) is 0 Å². The molecule has 4 aliphatic carbocycles. The predicted octanol–water partition coefficient (Wildman–Crippen LogP) is 21.9. The first kappa shape index (κ1) is 52.3. The molecule has 0 heterocycles. The molecule has 0 saturated carbocycles. The van der Waals surface area contributed by atoms with Gasteiger partial charge in [0.1, 0.15) is 0 Å². The zero-order valence-electron chi connectivity index (χ0n) is 50.1. The van der Waals surface area contributed by atoms with Crippen molar-refractivity contribution in [2.75, 3.05) is 9.80 Å². The van der Waals surface area contributed by atoms with Crippen molar-refractivity contribution in [3.63, 3.8) is 0 Å². The maximum absolute atomic E-state index is 2.51. The maximum atomic E-state index is 2.51. The van der Waals surface area contributed by atoms with Crippen LogP contribution in [0.15, 0.2) is 231 Å². The largest absolute Gasteiger partial charge is 0.310 e. The van der Waals surface area contributed by atoms with Gasteiger partial charge in [0.05, 0.1) is 0 Å². The van der Waals surface area contributed by atoms with Crippen LogP contribution in [0.5, 0.6) is 0 Å². The molecule has 11 aromatic rings. The fourth-order valence-corrected chi connectivity index (χ4v) is 15.1. The molecule has 1 spiro atoms. The summed E-state index contributed by atoms with van der Waals surface area (Å²) >= 11 is 0. The Morgan fingerprint density at radius 1 is 0.271 bits per heavy atom. The van der Waals surface area contributed by atoms with Gasteiger partial charge in [-0.1, -0.05) is 210 Å². The van der Waals surface area contributed by atoms with E-state index < -0.39 is 0 Å². The maximum Gasteiger partial charge on any atom is 0.0465 e. The van der Waals surface area contributed by atoms with Crippen LogP contribution in [0.2, 0.25) is 0 Å². The second-order valence-electron chi connectivity index (χ2n) is 25.8. The van der Waals surface area contributed by atoms with Crippen LogP contribution in [0.25, 0.3) is 57.7 Å². The number of fused-ring (bicyclic) bond motifs is 12. The van der Waals surface area contributed by atoms with Gasteiger partial charge in [-0.3, -0.25) is 0 Å². The molecular weight excluding hydrogens is 1020 g/mol. The zero-order chi connectivity index (χ0) is 57.9. The van der Waals surface area contributed by atoms with Gasteiger partial charge in [0.25, 0.3) is 0 Å². The highest BCUT2D eigenvalue weighted by Gasteiger charge is 2.47.